The van der Waals surface area contributed by atoms with Crippen LogP contribution in [0.3, 0.4) is 0 Å². The van der Waals surface area contributed by atoms with Gasteiger partial charge in [0.1, 0.15) is 11.5 Å². The van der Waals surface area contributed by atoms with Gasteiger partial charge in [-0.25, -0.2) is 0 Å². The second-order valence-electron chi connectivity index (χ2n) is 4.42. The first-order chi connectivity index (χ1) is 8.21. The minimum atomic E-state index is -0.115. The van der Waals surface area contributed by atoms with E-state index in [2.05, 4.69) is 5.18 Å². The third kappa shape index (κ3) is 1.99. The maximum Gasteiger partial charge on any atom is 0.122 e. The smallest absolute Gasteiger partial charge is 0.122 e. The Kier molecular flexibility index (Phi) is 3.31. The summed E-state index contributed by atoms with van der Waals surface area (Å²) in [6.45, 7) is 1.97. The van der Waals surface area contributed by atoms with Gasteiger partial charge in [0.25, 0.3) is 0 Å². The Balaban J connectivity index is 2.40. The van der Waals surface area contributed by atoms with Crippen LogP contribution >= 0.6 is 0 Å². The highest BCUT2D eigenvalue weighted by Crippen LogP contribution is 2.44. The van der Waals surface area contributed by atoms with E-state index in [9.17, 15) is 4.91 Å². The summed E-state index contributed by atoms with van der Waals surface area (Å²) in [5, 5.41) is 3.16. The molecule has 4 heteroatoms. The molecule has 1 fully saturated rings. The lowest BCUT2D eigenvalue weighted by molar-refractivity contribution is 0.326. The Hall–Kier alpha value is -1.58. The lowest BCUT2D eigenvalue weighted by Crippen LogP contribution is -2.27. The first kappa shape index (κ1) is 11.9. The molecule has 2 atom stereocenters. The van der Waals surface area contributed by atoms with E-state index < -0.39 is 0 Å². The topological polar surface area (TPSA) is 47.9 Å². The summed E-state index contributed by atoms with van der Waals surface area (Å²) in [6.07, 6.45) is 1.85. The van der Waals surface area contributed by atoms with Gasteiger partial charge in [0.2, 0.25) is 0 Å². The van der Waals surface area contributed by atoms with Crippen LogP contribution in [0.2, 0.25) is 0 Å². The number of nitrogens with zero attached hydrogens (tertiary/aromatic N) is 1. The summed E-state index contributed by atoms with van der Waals surface area (Å²) < 4.78 is 10.7. The van der Waals surface area contributed by atoms with Crippen LogP contribution in [0.1, 0.15) is 29.9 Å². The van der Waals surface area contributed by atoms with Crippen LogP contribution in [-0.2, 0) is 0 Å². The van der Waals surface area contributed by atoms with Crippen LogP contribution in [-0.4, -0.2) is 20.3 Å². The fourth-order valence-electron chi connectivity index (χ4n) is 2.34. The van der Waals surface area contributed by atoms with Crippen LogP contribution in [0, 0.1) is 11.8 Å². The summed E-state index contributed by atoms with van der Waals surface area (Å²) in [7, 11) is 3.29. The lowest BCUT2D eigenvalue weighted by atomic mass is 9.75. The van der Waals surface area contributed by atoms with Crippen molar-refractivity contribution in [3.8, 4) is 11.5 Å². The fourth-order valence-corrected chi connectivity index (χ4v) is 2.34. The Morgan fingerprint density at radius 2 is 1.88 bits per heavy atom. The second-order valence-corrected chi connectivity index (χ2v) is 4.42. The molecule has 0 radical (unpaired) electrons. The number of ether oxygens (including phenoxy) is 2. The highest BCUT2D eigenvalue weighted by atomic mass is 16.5. The van der Waals surface area contributed by atoms with E-state index in [1.165, 1.54) is 0 Å². The van der Waals surface area contributed by atoms with Gasteiger partial charge >= 0.3 is 0 Å². The molecule has 1 aromatic carbocycles. The number of benzene rings is 1. The molecule has 0 aromatic heterocycles. The van der Waals surface area contributed by atoms with Crippen molar-refractivity contribution in [2.45, 2.75) is 31.7 Å². The van der Waals surface area contributed by atoms with Gasteiger partial charge in [0.15, 0.2) is 0 Å². The molecule has 4 nitrogen and oxygen atoms in total. The first-order valence-corrected chi connectivity index (χ1v) is 5.76. The van der Waals surface area contributed by atoms with Crippen molar-refractivity contribution in [2.75, 3.05) is 14.2 Å². The zero-order valence-electron chi connectivity index (χ0n) is 10.4. The van der Waals surface area contributed by atoms with Gasteiger partial charge in [-0.3, -0.25) is 0 Å². The Morgan fingerprint density at radius 3 is 2.35 bits per heavy atom. The molecule has 1 aliphatic rings. The first-order valence-electron chi connectivity index (χ1n) is 5.76. The molecule has 1 saturated carbocycles. The van der Waals surface area contributed by atoms with Crippen LogP contribution in [0.25, 0.3) is 0 Å². The largest absolute Gasteiger partial charge is 0.496 e. The zero-order valence-corrected chi connectivity index (χ0v) is 10.4. The van der Waals surface area contributed by atoms with Crippen molar-refractivity contribution in [1.82, 2.24) is 0 Å². The van der Waals surface area contributed by atoms with Gasteiger partial charge in [-0.2, -0.15) is 4.91 Å². The number of nitroso groups, excluding NO2 is 1. The van der Waals surface area contributed by atoms with E-state index >= 15 is 0 Å². The molecule has 1 aliphatic carbocycles. The predicted octanol–water partition coefficient (Wildman–Crippen LogP) is 3.02. The number of methoxy groups -OCH3 is 2. The van der Waals surface area contributed by atoms with Crippen molar-refractivity contribution in [3.63, 3.8) is 0 Å². The van der Waals surface area contributed by atoms with E-state index in [0.29, 0.717) is 0 Å². The van der Waals surface area contributed by atoms with Gasteiger partial charge in [-0.05, 0) is 37.5 Å². The molecule has 0 bridgehead atoms. The molecule has 0 heterocycles. The number of hydrogen-bond acceptors (Lipinski definition) is 4. The molecule has 92 valence electrons. The third-order valence-corrected chi connectivity index (χ3v) is 3.52. The maximum absolute atomic E-state index is 10.7. The van der Waals surface area contributed by atoms with Crippen LogP contribution < -0.4 is 9.47 Å². The Labute approximate surface area is 101 Å². The van der Waals surface area contributed by atoms with E-state index in [1.807, 2.05) is 19.1 Å². The average molecular weight is 235 g/mol. The van der Waals surface area contributed by atoms with E-state index in [-0.39, 0.29) is 12.0 Å². The van der Waals surface area contributed by atoms with Gasteiger partial charge in [0, 0.05) is 11.5 Å². The van der Waals surface area contributed by atoms with Crippen molar-refractivity contribution in [2.24, 2.45) is 5.18 Å². The Morgan fingerprint density at radius 1 is 1.18 bits per heavy atom. The van der Waals surface area contributed by atoms with Crippen molar-refractivity contribution in [3.05, 3.63) is 28.2 Å². The van der Waals surface area contributed by atoms with Crippen LogP contribution in [0.15, 0.2) is 17.3 Å². The molecule has 0 amide bonds. The van der Waals surface area contributed by atoms with Gasteiger partial charge in [0.05, 0.1) is 20.3 Å². The molecule has 0 aliphatic heterocycles. The number of hydrogen-bond donors (Lipinski definition) is 0. The number of rotatable bonds is 4. The van der Waals surface area contributed by atoms with Gasteiger partial charge in [-0.1, -0.05) is 5.18 Å². The van der Waals surface area contributed by atoms with E-state index in [1.54, 1.807) is 14.2 Å². The molecule has 1 aromatic rings. The predicted molar refractivity (Wildman–Crippen MR) is 65.8 cm³/mol. The highest BCUT2D eigenvalue weighted by Gasteiger charge is 2.35. The Bertz CT molecular complexity index is 431. The summed E-state index contributed by atoms with van der Waals surface area (Å²) in [5.74, 6) is 1.83. The lowest BCUT2D eigenvalue weighted by Gasteiger charge is -2.32. The molecule has 0 spiro atoms. The summed E-state index contributed by atoms with van der Waals surface area (Å²) >= 11 is 0. The molecule has 2 unspecified atom stereocenters. The maximum atomic E-state index is 10.7. The summed E-state index contributed by atoms with van der Waals surface area (Å²) in [4.78, 5) is 10.7. The standard InChI is InChI=1S/C13H17NO3/c1-8-6-13(17-3)10(7-12(8)16-2)9-4-5-11(9)14-15/h6-7,9,11H,4-5H2,1-3H3. The molecule has 0 saturated heterocycles. The fraction of sp³-hybridized carbons (Fsp3) is 0.538. The van der Waals surface area contributed by atoms with E-state index in [0.717, 1.165) is 35.5 Å². The van der Waals surface area contributed by atoms with E-state index in [4.69, 9.17) is 9.47 Å². The molecular formula is C13H17NO3. The van der Waals surface area contributed by atoms with Crippen LogP contribution in [0.5, 0.6) is 11.5 Å². The normalized spacial score (nSPS) is 22.8. The minimum Gasteiger partial charge on any atom is -0.496 e. The van der Waals surface area contributed by atoms with Gasteiger partial charge < -0.3 is 9.47 Å². The quantitative estimate of drug-likeness (QED) is 0.754. The molecular weight excluding hydrogens is 218 g/mol. The third-order valence-electron chi connectivity index (χ3n) is 3.52. The summed E-state index contributed by atoms with van der Waals surface area (Å²) in [6, 6.07) is 3.81. The van der Waals surface area contributed by atoms with Crippen LogP contribution in [0.4, 0.5) is 0 Å². The van der Waals surface area contributed by atoms with Crippen molar-refractivity contribution in [1.29, 1.82) is 0 Å². The molecule has 0 N–H and O–H groups in total. The summed E-state index contributed by atoms with van der Waals surface area (Å²) in [5.41, 5.74) is 2.06. The van der Waals surface area contributed by atoms with Crippen molar-refractivity contribution >= 4 is 0 Å². The second kappa shape index (κ2) is 4.73. The number of aryl methyl sites for hydroxylation is 1. The zero-order chi connectivity index (χ0) is 12.4. The minimum absolute atomic E-state index is 0.115. The highest BCUT2D eigenvalue weighted by molar-refractivity contribution is 5.48. The molecule has 2 rings (SSSR count). The average Bonchev–Trinajstić information content (AvgIpc) is 2.30. The van der Waals surface area contributed by atoms with Gasteiger partial charge in [-0.15, -0.1) is 0 Å². The monoisotopic (exact) mass is 235 g/mol. The molecule has 17 heavy (non-hydrogen) atoms. The SMILES string of the molecule is COc1cc(C2CCC2N=O)c(OC)cc1C. The van der Waals surface area contributed by atoms with Crippen molar-refractivity contribution < 1.29 is 9.47 Å².